The predicted octanol–water partition coefficient (Wildman–Crippen LogP) is 6.75. The molecule has 0 aromatic heterocycles. The van der Waals surface area contributed by atoms with Crippen molar-refractivity contribution in [1.29, 1.82) is 10.5 Å². The van der Waals surface area contributed by atoms with Crippen molar-refractivity contribution >= 4 is 11.9 Å². The van der Waals surface area contributed by atoms with Crippen LogP contribution < -0.4 is 9.47 Å². The highest BCUT2D eigenvalue weighted by atomic mass is 16.6. The molecule has 2 aliphatic rings. The lowest BCUT2D eigenvalue weighted by molar-refractivity contribution is -0.162. The van der Waals surface area contributed by atoms with Crippen LogP contribution in [0.5, 0.6) is 11.5 Å². The zero-order chi connectivity index (χ0) is 32.6. The van der Waals surface area contributed by atoms with Crippen LogP contribution in [0.15, 0.2) is 109 Å². The van der Waals surface area contributed by atoms with Crippen molar-refractivity contribution in [2.24, 2.45) is 23.7 Å². The summed E-state index contributed by atoms with van der Waals surface area (Å²) in [5, 5.41) is 18.0. The maximum absolute atomic E-state index is 13.1. The van der Waals surface area contributed by atoms with Gasteiger partial charge in [0.15, 0.2) is 0 Å². The van der Waals surface area contributed by atoms with Crippen LogP contribution in [-0.4, -0.2) is 38.4 Å². The molecule has 8 nitrogen and oxygen atoms in total. The van der Waals surface area contributed by atoms with E-state index < -0.39 is 23.8 Å². The third kappa shape index (κ3) is 7.35. The van der Waals surface area contributed by atoms with Crippen molar-refractivity contribution in [2.75, 3.05) is 26.4 Å². The lowest BCUT2D eigenvalue weighted by Crippen LogP contribution is -2.36. The van der Waals surface area contributed by atoms with Gasteiger partial charge in [0.1, 0.15) is 37.9 Å². The number of hydrogen-bond donors (Lipinski definition) is 0. The second-order valence-electron chi connectivity index (χ2n) is 11.5. The predicted molar refractivity (Wildman–Crippen MR) is 174 cm³/mol. The zero-order valence-electron chi connectivity index (χ0n) is 25.6. The highest BCUT2D eigenvalue weighted by molar-refractivity contribution is 5.84. The molecule has 4 aromatic carbocycles. The Bertz CT molecular complexity index is 1680. The maximum atomic E-state index is 13.1. The lowest BCUT2D eigenvalue weighted by Gasteiger charge is -2.25. The number of carbonyl (C=O) groups excluding carboxylic acids is 2. The summed E-state index contributed by atoms with van der Waals surface area (Å²) in [6, 6.07) is 34.0. The van der Waals surface area contributed by atoms with E-state index in [2.05, 4.69) is 12.1 Å². The summed E-state index contributed by atoms with van der Waals surface area (Å²) >= 11 is 0. The van der Waals surface area contributed by atoms with Crippen LogP contribution in [0, 0.1) is 46.3 Å². The molecule has 0 saturated heterocycles. The minimum atomic E-state index is -0.583. The van der Waals surface area contributed by atoms with Gasteiger partial charge in [-0.2, -0.15) is 10.5 Å². The molecular formula is C39H32N2O6. The number of hydrogen-bond acceptors (Lipinski definition) is 8. The van der Waals surface area contributed by atoms with Gasteiger partial charge in [-0.15, -0.1) is 0 Å². The Morgan fingerprint density at radius 1 is 0.532 bits per heavy atom. The smallest absolute Gasteiger partial charge is 0.310 e. The molecule has 0 unspecified atom stereocenters. The average Bonchev–Trinajstić information content (AvgIpc) is 3.75. The Hall–Kier alpha value is -5.86. The minimum Gasteiger partial charge on any atom is -0.490 e. The van der Waals surface area contributed by atoms with E-state index in [0.29, 0.717) is 22.6 Å². The molecule has 0 amide bonds. The van der Waals surface area contributed by atoms with E-state index in [1.54, 1.807) is 24.3 Å². The molecule has 0 heterocycles. The first-order valence-electron chi connectivity index (χ1n) is 15.5. The van der Waals surface area contributed by atoms with Crippen molar-refractivity contribution < 1.29 is 28.5 Å². The van der Waals surface area contributed by atoms with Gasteiger partial charge in [-0.05, 0) is 89.0 Å². The van der Waals surface area contributed by atoms with Gasteiger partial charge in [-0.3, -0.25) is 9.59 Å². The Labute approximate surface area is 273 Å². The Morgan fingerprint density at radius 3 is 1.21 bits per heavy atom. The molecule has 8 heteroatoms. The normalized spacial score (nSPS) is 18.9. The van der Waals surface area contributed by atoms with E-state index >= 15 is 0 Å². The number of nitriles is 2. The third-order valence-corrected chi connectivity index (χ3v) is 8.60. The summed E-state index contributed by atoms with van der Waals surface area (Å²) < 4.78 is 22.7. The molecule has 1 fully saturated rings. The fourth-order valence-electron chi connectivity index (χ4n) is 6.22. The van der Waals surface area contributed by atoms with Gasteiger partial charge in [0.05, 0.1) is 35.1 Å². The molecule has 0 aliphatic heterocycles. The summed E-state index contributed by atoms with van der Waals surface area (Å²) in [7, 11) is 0. The molecule has 2 bridgehead atoms. The molecule has 234 valence electrons. The lowest BCUT2D eigenvalue weighted by atomic mass is 9.83. The summed E-state index contributed by atoms with van der Waals surface area (Å²) in [6.45, 7) is 0.486. The number of ether oxygens (including phenoxy) is 4. The molecular weight excluding hydrogens is 592 g/mol. The minimum absolute atomic E-state index is 0.0494. The van der Waals surface area contributed by atoms with Crippen LogP contribution in [0.4, 0.5) is 0 Å². The van der Waals surface area contributed by atoms with Gasteiger partial charge in [-0.1, -0.05) is 60.7 Å². The van der Waals surface area contributed by atoms with Crippen LogP contribution >= 0.6 is 0 Å². The van der Waals surface area contributed by atoms with E-state index in [9.17, 15) is 9.59 Å². The molecule has 4 atom stereocenters. The Morgan fingerprint density at radius 2 is 0.872 bits per heavy atom. The molecule has 0 N–H and O–H groups in total. The zero-order valence-corrected chi connectivity index (χ0v) is 25.6. The second-order valence-corrected chi connectivity index (χ2v) is 11.5. The van der Waals surface area contributed by atoms with Crippen LogP contribution in [0.1, 0.15) is 17.5 Å². The van der Waals surface area contributed by atoms with Crippen molar-refractivity contribution in [1.82, 2.24) is 0 Å². The van der Waals surface area contributed by atoms with E-state index in [1.807, 2.05) is 84.9 Å². The highest BCUT2D eigenvalue weighted by Crippen LogP contribution is 2.49. The second kappa shape index (κ2) is 14.5. The fourth-order valence-corrected chi connectivity index (χ4v) is 6.22. The number of benzene rings is 4. The van der Waals surface area contributed by atoms with Crippen molar-refractivity contribution in [2.45, 2.75) is 6.42 Å². The van der Waals surface area contributed by atoms with Crippen molar-refractivity contribution in [3.8, 4) is 45.9 Å². The molecule has 0 spiro atoms. The summed E-state index contributed by atoms with van der Waals surface area (Å²) in [6.07, 6.45) is 4.72. The summed E-state index contributed by atoms with van der Waals surface area (Å²) in [4.78, 5) is 26.2. The van der Waals surface area contributed by atoms with Crippen molar-refractivity contribution in [3.05, 3.63) is 120 Å². The number of esters is 2. The molecule has 0 radical (unpaired) electrons. The first-order valence-corrected chi connectivity index (χ1v) is 15.5. The van der Waals surface area contributed by atoms with E-state index in [4.69, 9.17) is 29.5 Å². The van der Waals surface area contributed by atoms with Crippen molar-refractivity contribution in [3.63, 3.8) is 0 Å². The Kier molecular flexibility index (Phi) is 9.60. The topological polar surface area (TPSA) is 119 Å². The van der Waals surface area contributed by atoms with Gasteiger partial charge in [0.2, 0.25) is 0 Å². The van der Waals surface area contributed by atoms with Crippen LogP contribution in [0.25, 0.3) is 22.3 Å². The van der Waals surface area contributed by atoms with E-state index in [0.717, 1.165) is 28.7 Å². The SMILES string of the molecule is N#Cc1ccc(-c2ccc(OCCOC(=O)[C@H]3[C@H](C(=O)OCCOc4ccc(-c5ccc(C#N)cc5)cc4)[C@H]4C=C[C@@H]3C4)cc2)cc1. The van der Waals surface area contributed by atoms with Gasteiger partial charge in [0.25, 0.3) is 0 Å². The summed E-state index contributed by atoms with van der Waals surface area (Å²) in [5.41, 5.74) is 5.21. The summed E-state index contributed by atoms with van der Waals surface area (Å²) in [5.74, 6) is -0.804. The largest absolute Gasteiger partial charge is 0.490 e. The third-order valence-electron chi connectivity index (χ3n) is 8.60. The van der Waals surface area contributed by atoms with Gasteiger partial charge in [0, 0.05) is 0 Å². The number of rotatable bonds is 12. The first kappa shape index (κ1) is 31.1. The van der Waals surface area contributed by atoms with Crippen LogP contribution in [-0.2, 0) is 19.1 Å². The van der Waals surface area contributed by atoms with Crippen LogP contribution in [0.2, 0.25) is 0 Å². The van der Waals surface area contributed by atoms with Gasteiger partial charge in [-0.25, -0.2) is 0 Å². The van der Waals surface area contributed by atoms with Crippen LogP contribution in [0.3, 0.4) is 0 Å². The quantitative estimate of drug-likeness (QED) is 0.0965. The molecule has 47 heavy (non-hydrogen) atoms. The number of allylic oxidation sites excluding steroid dienone is 2. The van der Waals surface area contributed by atoms with E-state index in [1.165, 1.54) is 0 Å². The number of carbonyl (C=O) groups is 2. The maximum Gasteiger partial charge on any atom is 0.310 e. The monoisotopic (exact) mass is 624 g/mol. The fraction of sp³-hybridized carbons (Fsp3) is 0.231. The molecule has 4 aromatic rings. The first-order chi connectivity index (χ1) is 23.0. The number of fused-ring (bicyclic) bond motifs is 2. The van der Waals surface area contributed by atoms with E-state index in [-0.39, 0.29) is 38.3 Å². The number of nitrogens with zero attached hydrogens (tertiary/aromatic N) is 2. The Balaban J connectivity index is 0.935. The molecule has 6 rings (SSSR count). The molecule has 1 saturated carbocycles. The average molecular weight is 625 g/mol. The standard InChI is InChI=1S/C39H32N2O6/c40-24-26-1-5-28(6-2-26)30-11-15-34(16-12-30)44-19-21-46-38(42)36-32-9-10-33(23-32)37(36)39(43)47-22-20-45-35-17-13-31(14-18-35)29-7-3-27(25-41)4-8-29/h1-18,32-33,36-37H,19-23H2/t32-,33+,36-,37-/m1/s1. The highest BCUT2D eigenvalue weighted by Gasteiger charge is 2.53. The molecule has 2 aliphatic carbocycles. The van der Waals surface area contributed by atoms with Gasteiger partial charge >= 0.3 is 11.9 Å². The van der Waals surface area contributed by atoms with Gasteiger partial charge < -0.3 is 18.9 Å².